The van der Waals surface area contributed by atoms with Crippen molar-refractivity contribution >= 4 is 55.7 Å². The van der Waals surface area contributed by atoms with Gasteiger partial charge in [-0.05, 0) is 71.5 Å². The number of amides is 1. The Labute approximate surface area is 153 Å². The lowest BCUT2D eigenvalue weighted by molar-refractivity contribution is -0.167. The van der Waals surface area contributed by atoms with Crippen molar-refractivity contribution in [3.63, 3.8) is 0 Å². The van der Waals surface area contributed by atoms with E-state index >= 15 is 0 Å². The highest BCUT2D eigenvalue weighted by Crippen LogP contribution is 2.33. The van der Waals surface area contributed by atoms with Crippen molar-refractivity contribution in [3.8, 4) is 10.6 Å². The molecule has 1 heterocycles. The smallest absolute Gasteiger partial charge is 0.318 e. The number of nitrogens with one attached hydrogen (secondary N) is 1. The molecule has 8 heteroatoms. The lowest BCUT2D eigenvalue weighted by Crippen LogP contribution is -2.30. The number of halogens is 4. The molecule has 0 unspecified atom stereocenters. The summed E-state index contributed by atoms with van der Waals surface area (Å²) in [7, 11) is 0. The second kappa shape index (κ2) is 6.32. The average molecular weight is 459 g/mol. The highest BCUT2D eigenvalue weighted by Gasteiger charge is 2.38. The summed E-state index contributed by atoms with van der Waals surface area (Å²) in [5, 5.41) is 2.66. The first-order valence-electron chi connectivity index (χ1n) is 6.79. The number of alkyl halides is 3. The van der Waals surface area contributed by atoms with Crippen LogP contribution < -0.4 is 5.32 Å². The Hall–Kier alpha value is -1.68. The van der Waals surface area contributed by atoms with Gasteiger partial charge in [-0.3, -0.25) is 4.79 Å². The van der Waals surface area contributed by atoms with Crippen molar-refractivity contribution in [2.75, 3.05) is 5.32 Å². The van der Waals surface area contributed by atoms with E-state index in [2.05, 4.69) is 27.6 Å². The van der Waals surface area contributed by atoms with Gasteiger partial charge in [0, 0.05) is 14.8 Å². The molecule has 124 valence electrons. The highest BCUT2D eigenvalue weighted by atomic mass is 124. The van der Waals surface area contributed by atoms with E-state index in [4.69, 9.17) is 0 Å². The Bertz CT molecular complexity index is 937. The first-order valence-corrected chi connectivity index (χ1v) is 8.69. The van der Waals surface area contributed by atoms with Gasteiger partial charge in [0.1, 0.15) is 5.01 Å². The Balaban J connectivity index is 1.92. The van der Waals surface area contributed by atoms with Gasteiger partial charge in [-0.2, -0.15) is 13.2 Å². The zero-order valence-electron chi connectivity index (χ0n) is 12.2. The van der Waals surface area contributed by atoms with Crippen LogP contribution in [0.3, 0.4) is 0 Å². The molecule has 0 atom stereocenters. The molecule has 0 aliphatic heterocycles. The fourth-order valence-electron chi connectivity index (χ4n) is 2.15. The van der Waals surface area contributed by atoms with Crippen molar-refractivity contribution in [1.82, 2.24) is 4.98 Å². The van der Waals surface area contributed by atoms with Gasteiger partial charge in [0.05, 0.1) is 10.2 Å². The number of anilines is 1. The highest BCUT2D eigenvalue weighted by molar-refractivity contribution is 14.1. The third-order valence-corrected chi connectivity index (χ3v) is 5.09. The Morgan fingerprint density at radius 3 is 2.62 bits per heavy atom. The fourth-order valence-corrected chi connectivity index (χ4v) is 3.57. The molecule has 1 amide bonds. The lowest BCUT2D eigenvalue weighted by Gasteiger charge is -2.11. The van der Waals surface area contributed by atoms with E-state index < -0.39 is 12.1 Å². The molecule has 2 aromatic carbocycles. The van der Waals surface area contributed by atoms with E-state index in [1.807, 2.05) is 23.5 Å². The van der Waals surface area contributed by atoms with Crippen LogP contribution in [0.2, 0.25) is 0 Å². The van der Waals surface area contributed by atoms with Gasteiger partial charge in [0.2, 0.25) is 0 Å². The molecule has 3 rings (SSSR count). The van der Waals surface area contributed by atoms with Crippen LogP contribution in [0.15, 0.2) is 36.4 Å². The van der Waals surface area contributed by atoms with Crippen molar-refractivity contribution in [2.24, 2.45) is 0 Å². The Morgan fingerprint density at radius 1 is 1.21 bits per heavy atom. The maximum absolute atomic E-state index is 12.3. The minimum Gasteiger partial charge on any atom is -0.318 e. The van der Waals surface area contributed by atoms with Gasteiger partial charge in [-0.15, -0.1) is 11.3 Å². The number of benzene rings is 2. The molecule has 0 spiro atoms. The quantitative estimate of drug-likeness (QED) is 0.524. The van der Waals surface area contributed by atoms with Crippen molar-refractivity contribution in [3.05, 3.63) is 45.5 Å². The largest absolute Gasteiger partial charge is 0.471 e. The summed E-state index contributed by atoms with van der Waals surface area (Å²) >= 11 is 3.72. The second-order valence-electron chi connectivity index (χ2n) is 5.11. The summed E-state index contributed by atoms with van der Waals surface area (Å²) in [5.41, 5.74) is 2.36. The molecule has 24 heavy (non-hydrogen) atoms. The van der Waals surface area contributed by atoms with Crippen molar-refractivity contribution in [1.29, 1.82) is 0 Å². The molecule has 0 bridgehead atoms. The molecule has 3 nitrogen and oxygen atoms in total. The monoisotopic (exact) mass is 459 g/mol. The van der Waals surface area contributed by atoms with Gasteiger partial charge in [-0.25, -0.2) is 4.98 Å². The molecule has 0 aliphatic rings. The predicted molar refractivity (Wildman–Crippen MR) is 97.2 cm³/mol. The minimum atomic E-state index is -4.91. The van der Waals surface area contributed by atoms with Crippen LogP contribution in [0.4, 0.5) is 18.9 Å². The van der Waals surface area contributed by atoms with Crippen molar-refractivity contribution < 1.29 is 18.0 Å². The summed E-state index contributed by atoms with van der Waals surface area (Å²) in [6.45, 7) is 1.64. The molecule has 1 N–H and O–H groups in total. The number of rotatable bonds is 2. The number of aromatic nitrogens is 1. The van der Waals surface area contributed by atoms with Crippen LogP contribution in [-0.2, 0) is 4.79 Å². The van der Waals surface area contributed by atoms with Crippen molar-refractivity contribution in [2.45, 2.75) is 13.1 Å². The summed E-state index contributed by atoms with van der Waals surface area (Å²) in [6, 6.07) is 10.8. The van der Waals surface area contributed by atoms with E-state index in [9.17, 15) is 18.0 Å². The van der Waals surface area contributed by atoms with Crippen LogP contribution in [0.1, 0.15) is 5.56 Å². The van der Waals surface area contributed by atoms with Gasteiger partial charge in [-0.1, -0.05) is 0 Å². The normalized spacial score (nSPS) is 11.7. The molecule has 0 radical (unpaired) electrons. The zero-order chi connectivity index (χ0) is 17.5. The second-order valence-corrected chi connectivity index (χ2v) is 7.39. The van der Waals surface area contributed by atoms with Gasteiger partial charge < -0.3 is 5.32 Å². The van der Waals surface area contributed by atoms with E-state index in [1.54, 1.807) is 19.1 Å². The molecule has 3 aromatic rings. The summed E-state index contributed by atoms with van der Waals surface area (Å²) < 4.78 is 39.1. The minimum absolute atomic E-state index is 0.136. The summed E-state index contributed by atoms with van der Waals surface area (Å²) in [4.78, 5) is 15.6. The molecule has 0 saturated carbocycles. The maximum Gasteiger partial charge on any atom is 0.471 e. The number of hydrogen-bond acceptors (Lipinski definition) is 3. The number of carbonyl (C=O) groups is 1. The molecular formula is C16H10F3IN2OS. The fraction of sp³-hybridized carbons (Fsp3) is 0.125. The molecule has 0 saturated heterocycles. The predicted octanol–water partition coefficient (Wildman–Crippen LogP) is 5.38. The molecular weight excluding hydrogens is 449 g/mol. The van der Waals surface area contributed by atoms with Crippen LogP contribution in [0.25, 0.3) is 20.8 Å². The van der Waals surface area contributed by atoms with Crippen LogP contribution in [-0.4, -0.2) is 17.1 Å². The number of fused-ring (bicyclic) bond motifs is 1. The van der Waals surface area contributed by atoms with Crippen LogP contribution in [0.5, 0.6) is 0 Å². The number of aryl methyl sites for hydroxylation is 1. The lowest BCUT2D eigenvalue weighted by atomic mass is 10.1. The molecule has 0 fully saturated rings. The third-order valence-electron chi connectivity index (χ3n) is 3.33. The van der Waals surface area contributed by atoms with Gasteiger partial charge >= 0.3 is 12.1 Å². The Morgan fingerprint density at radius 2 is 1.96 bits per heavy atom. The average Bonchev–Trinajstić information content (AvgIpc) is 2.91. The SMILES string of the molecule is Cc1cc(-c2nc3cc([124I])ccc3s2)ccc1NC(=O)C(F)(F)F. The summed E-state index contributed by atoms with van der Waals surface area (Å²) in [5.74, 6) is -1.98. The standard InChI is InChI=1S/C16H10F3IN2OS/c1-8-6-9(2-4-11(8)22-15(23)16(17,18)19)14-21-12-7-10(20)3-5-13(12)24-14/h2-7H,1H3,(H,22,23)/i20-3. The van der Waals surface area contributed by atoms with E-state index in [0.29, 0.717) is 5.56 Å². The first-order chi connectivity index (χ1) is 11.2. The first kappa shape index (κ1) is 17.2. The Kier molecular flexibility index (Phi) is 4.52. The van der Waals surface area contributed by atoms with E-state index in [1.165, 1.54) is 17.4 Å². The zero-order valence-corrected chi connectivity index (χ0v) is 15.2. The van der Waals surface area contributed by atoms with Crippen LogP contribution >= 0.6 is 33.9 Å². The third kappa shape index (κ3) is 3.54. The maximum atomic E-state index is 12.3. The number of nitrogens with zero attached hydrogens (tertiary/aromatic N) is 1. The van der Waals surface area contributed by atoms with E-state index in [0.717, 1.165) is 24.4 Å². The van der Waals surface area contributed by atoms with Gasteiger partial charge in [0.25, 0.3) is 0 Å². The summed E-state index contributed by atoms with van der Waals surface area (Å²) in [6.07, 6.45) is -4.91. The van der Waals surface area contributed by atoms with E-state index in [-0.39, 0.29) is 5.69 Å². The number of thiazole rings is 1. The molecule has 0 aliphatic carbocycles. The van der Waals surface area contributed by atoms with Crippen LogP contribution in [0, 0.1) is 10.5 Å². The molecule has 1 aromatic heterocycles. The topological polar surface area (TPSA) is 42.0 Å². The van der Waals surface area contributed by atoms with Gasteiger partial charge in [0.15, 0.2) is 0 Å². The number of hydrogen-bond donors (Lipinski definition) is 1. The number of carbonyl (C=O) groups excluding carboxylic acids is 1.